The first-order valence-electron chi connectivity index (χ1n) is 4.17. The van der Waals surface area contributed by atoms with Crippen molar-refractivity contribution in [1.82, 2.24) is 0 Å². The molecule has 0 N–H and O–H groups in total. The molecule has 0 unspecified atom stereocenters. The fraction of sp³-hybridized carbons (Fsp3) is 1.00. The van der Waals surface area contributed by atoms with Gasteiger partial charge < -0.3 is 15.3 Å². The van der Waals surface area contributed by atoms with Gasteiger partial charge in [0.1, 0.15) is 0 Å². The molecular formula is C9H21Al2O3. The summed E-state index contributed by atoms with van der Waals surface area (Å²) >= 11 is 0. The number of hydrogen-bond donors (Lipinski definition) is 0. The molecule has 0 heterocycles. The molecular weight excluding hydrogens is 210 g/mol. The summed E-state index contributed by atoms with van der Waals surface area (Å²) in [4.78, 5) is 0. The fourth-order valence-electron chi connectivity index (χ4n) is 0. The third-order valence-electron chi connectivity index (χ3n) is 0. The van der Waals surface area contributed by atoms with Gasteiger partial charge in [0, 0.05) is 17.4 Å². The summed E-state index contributed by atoms with van der Waals surface area (Å²) in [6.45, 7) is 9.67. The van der Waals surface area contributed by atoms with E-state index in [4.69, 9.17) is 0 Å². The van der Waals surface area contributed by atoms with Crippen LogP contribution in [0.15, 0.2) is 0 Å². The Balaban J connectivity index is -0.0000000270. The van der Waals surface area contributed by atoms with E-state index >= 15 is 0 Å². The topological polar surface area (TPSA) is 69.2 Å². The van der Waals surface area contributed by atoms with Gasteiger partial charge in [-0.3, -0.25) is 0 Å². The molecule has 0 saturated heterocycles. The molecule has 0 saturated carbocycles. The molecule has 0 aliphatic carbocycles. The average Bonchev–Trinajstić information content (AvgIpc) is 1.54. The van der Waals surface area contributed by atoms with E-state index in [1.54, 1.807) is 41.5 Å². The molecule has 5 heteroatoms. The molecule has 81 valence electrons. The van der Waals surface area contributed by atoms with E-state index in [0.717, 1.165) is 0 Å². The average molecular weight is 231 g/mol. The third kappa shape index (κ3) is 2070. The smallest absolute Gasteiger partial charge is 0.852 e. The quantitative estimate of drug-likeness (QED) is 0.477. The molecule has 0 aromatic rings. The van der Waals surface area contributed by atoms with E-state index < -0.39 is 18.3 Å². The predicted octanol–water partition coefficient (Wildman–Crippen LogP) is -1.50. The van der Waals surface area contributed by atoms with Crippen molar-refractivity contribution >= 4 is 34.7 Å². The minimum atomic E-state index is -0.417. The molecule has 0 aliphatic rings. The molecule has 0 spiro atoms. The van der Waals surface area contributed by atoms with Crippen LogP contribution in [0.2, 0.25) is 0 Å². The summed E-state index contributed by atoms with van der Waals surface area (Å²) < 4.78 is 0. The van der Waals surface area contributed by atoms with Crippen molar-refractivity contribution in [2.75, 3.05) is 0 Å². The van der Waals surface area contributed by atoms with E-state index in [0.29, 0.717) is 0 Å². The van der Waals surface area contributed by atoms with Gasteiger partial charge in [0.05, 0.1) is 0 Å². The molecule has 3 radical (unpaired) electrons. The zero-order valence-electron chi connectivity index (χ0n) is 10.1. The van der Waals surface area contributed by atoms with Gasteiger partial charge in [-0.05, 0) is 0 Å². The van der Waals surface area contributed by atoms with Crippen molar-refractivity contribution in [3.8, 4) is 0 Å². The second-order valence-electron chi connectivity index (χ2n) is 3.15. The maximum atomic E-state index is 9.53. The maximum absolute atomic E-state index is 9.53. The van der Waals surface area contributed by atoms with Crippen LogP contribution < -0.4 is 15.3 Å². The predicted molar refractivity (Wildman–Crippen MR) is 56.9 cm³/mol. The van der Waals surface area contributed by atoms with E-state index in [1.165, 1.54) is 0 Å². The molecule has 14 heavy (non-hydrogen) atoms. The second-order valence-corrected chi connectivity index (χ2v) is 3.15. The summed E-state index contributed by atoms with van der Waals surface area (Å²) in [7, 11) is 0. The van der Waals surface area contributed by atoms with Crippen LogP contribution in [0, 0.1) is 0 Å². The Hall–Kier alpha value is 0.945. The van der Waals surface area contributed by atoms with Gasteiger partial charge in [-0.1, -0.05) is 41.5 Å². The molecule has 0 bridgehead atoms. The summed E-state index contributed by atoms with van der Waals surface area (Å²) in [6, 6.07) is 0. The SMILES string of the molecule is CC(C)[O-].CC(C)[O-].CC(C)[O-].[Al+3].[Al]. The van der Waals surface area contributed by atoms with Crippen LogP contribution in [0.25, 0.3) is 0 Å². The zero-order chi connectivity index (χ0) is 10.7. The van der Waals surface area contributed by atoms with Gasteiger partial charge in [-0.25, -0.2) is 0 Å². The second kappa shape index (κ2) is 23.6. The number of rotatable bonds is 0. The zero-order valence-corrected chi connectivity index (χ0v) is 12.4. The summed E-state index contributed by atoms with van der Waals surface area (Å²) in [6.07, 6.45) is -1.25. The minimum Gasteiger partial charge on any atom is -0.852 e. The van der Waals surface area contributed by atoms with E-state index in [1.807, 2.05) is 0 Å². The molecule has 0 atom stereocenters. The van der Waals surface area contributed by atoms with Crippen molar-refractivity contribution in [3.63, 3.8) is 0 Å². The Morgan fingerprint density at radius 3 is 0.571 bits per heavy atom. The van der Waals surface area contributed by atoms with E-state index in [2.05, 4.69) is 0 Å². The maximum Gasteiger partial charge on any atom is 3.00 e. The Morgan fingerprint density at radius 2 is 0.571 bits per heavy atom. The van der Waals surface area contributed by atoms with Crippen LogP contribution in [0.3, 0.4) is 0 Å². The van der Waals surface area contributed by atoms with Crippen LogP contribution in [0.4, 0.5) is 0 Å². The van der Waals surface area contributed by atoms with Gasteiger partial charge in [-0.15, -0.1) is 18.3 Å². The van der Waals surface area contributed by atoms with E-state index in [9.17, 15) is 15.3 Å². The van der Waals surface area contributed by atoms with Crippen LogP contribution in [-0.4, -0.2) is 53.0 Å². The van der Waals surface area contributed by atoms with Gasteiger partial charge >= 0.3 is 17.4 Å². The molecule has 0 fully saturated rings. The van der Waals surface area contributed by atoms with Gasteiger partial charge in [0.15, 0.2) is 0 Å². The van der Waals surface area contributed by atoms with Crippen LogP contribution >= 0.6 is 0 Å². The molecule has 0 rings (SSSR count). The minimum absolute atomic E-state index is 0. The Labute approximate surface area is 110 Å². The largest absolute Gasteiger partial charge is 3.00 e. The van der Waals surface area contributed by atoms with Crippen LogP contribution in [-0.2, 0) is 0 Å². The Morgan fingerprint density at radius 1 is 0.571 bits per heavy atom. The Kier molecular flexibility index (Phi) is 49.6. The third-order valence-corrected chi connectivity index (χ3v) is 0. The fourth-order valence-corrected chi connectivity index (χ4v) is 0. The van der Waals surface area contributed by atoms with Crippen LogP contribution in [0.1, 0.15) is 41.5 Å². The summed E-state index contributed by atoms with van der Waals surface area (Å²) in [5.41, 5.74) is 0. The van der Waals surface area contributed by atoms with Crippen molar-refractivity contribution in [2.24, 2.45) is 0 Å². The molecule has 3 nitrogen and oxygen atoms in total. The van der Waals surface area contributed by atoms with Crippen molar-refractivity contribution in [1.29, 1.82) is 0 Å². The van der Waals surface area contributed by atoms with E-state index in [-0.39, 0.29) is 34.7 Å². The van der Waals surface area contributed by atoms with Crippen LogP contribution in [0.5, 0.6) is 0 Å². The first-order valence-corrected chi connectivity index (χ1v) is 4.17. The summed E-state index contributed by atoms with van der Waals surface area (Å²) in [5, 5.41) is 28.6. The van der Waals surface area contributed by atoms with Crippen molar-refractivity contribution < 1.29 is 15.3 Å². The molecule has 0 amide bonds. The monoisotopic (exact) mass is 231 g/mol. The van der Waals surface area contributed by atoms with Gasteiger partial charge in [-0.2, -0.15) is 0 Å². The standard InChI is InChI=1S/3C3H7O.2Al/c3*1-3(2)4;;/h3*3H,1-2H3;;/q3*-1;;+3. The van der Waals surface area contributed by atoms with Gasteiger partial charge in [0.2, 0.25) is 0 Å². The molecule has 0 aliphatic heterocycles. The molecule has 0 aromatic heterocycles. The van der Waals surface area contributed by atoms with Crippen molar-refractivity contribution in [3.05, 3.63) is 0 Å². The van der Waals surface area contributed by atoms with Crippen molar-refractivity contribution in [2.45, 2.75) is 59.9 Å². The normalized spacial score (nSPS) is 7.71. The summed E-state index contributed by atoms with van der Waals surface area (Å²) in [5.74, 6) is 0. The Bertz CT molecular complexity index is 46.5. The number of hydrogen-bond acceptors (Lipinski definition) is 3. The first kappa shape index (κ1) is 29.4. The van der Waals surface area contributed by atoms with Gasteiger partial charge in [0.25, 0.3) is 0 Å². The molecule has 0 aromatic carbocycles. The first-order chi connectivity index (χ1) is 5.20.